The molecule has 0 saturated heterocycles. The number of halogens is 1. The quantitative estimate of drug-likeness (QED) is 0.944. The molecular weight excluding hydrogens is 286 g/mol. The predicted octanol–water partition coefficient (Wildman–Crippen LogP) is 3.39. The highest BCUT2D eigenvalue weighted by atomic mass is 79.9. The van der Waals surface area contributed by atoms with Crippen LogP contribution in [0.25, 0.3) is 0 Å². The predicted molar refractivity (Wildman–Crippen MR) is 68.3 cm³/mol. The monoisotopic (exact) mass is 293 g/mol. The van der Waals surface area contributed by atoms with Crippen LogP contribution in [0.2, 0.25) is 0 Å². The van der Waals surface area contributed by atoms with E-state index in [1.807, 2.05) is 17.5 Å². The van der Waals surface area contributed by atoms with Crippen molar-refractivity contribution in [2.24, 2.45) is 0 Å². The van der Waals surface area contributed by atoms with E-state index >= 15 is 0 Å². The third-order valence-corrected chi connectivity index (χ3v) is 3.32. The molecule has 0 atom stereocenters. The van der Waals surface area contributed by atoms with Crippen LogP contribution in [0.4, 0.5) is 5.69 Å². The van der Waals surface area contributed by atoms with E-state index in [0.717, 1.165) is 15.0 Å². The fourth-order valence-electron chi connectivity index (χ4n) is 1.23. The molecule has 0 radical (unpaired) electrons. The van der Waals surface area contributed by atoms with Crippen molar-refractivity contribution in [2.45, 2.75) is 6.54 Å². The van der Waals surface area contributed by atoms with Gasteiger partial charge in [-0.3, -0.25) is 4.98 Å². The molecule has 2 aromatic rings. The van der Waals surface area contributed by atoms with Crippen molar-refractivity contribution < 1.29 is 0 Å². The van der Waals surface area contributed by atoms with Crippen LogP contribution in [-0.4, -0.2) is 4.98 Å². The molecule has 80 valence electrons. The molecule has 0 aliphatic carbocycles. The van der Waals surface area contributed by atoms with Crippen LogP contribution in [-0.2, 0) is 6.54 Å². The first-order chi connectivity index (χ1) is 7.78. The summed E-state index contributed by atoms with van der Waals surface area (Å²) in [7, 11) is 0. The van der Waals surface area contributed by atoms with E-state index in [1.54, 1.807) is 23.7 Å². The smallest absolute Gasteiger partial charge is 0.100 e. The molecule has 0 aliphatic rings. The van der Waals surface area contributed by atoms with Crippen molar-refractivity contribution in [3.8, 4) is 6.07 Å². The van der Waals surface area contributed by atoms with Gasteiger partial charge in [-0.25, -0.2) is 0 Å². The molecule has 3 nitrogen and oxygen atoms in total. The van der Waals surface area contributed by atoms with Crippen LogP contribution in [0.5, 0.6) is 0 Å². The number of thiophene rings is 1. The minimum Gasteiger partial charge on any atom is -0.379 e. The van der Waals surface area contributed by atoms with Gasteiger partial charge in [0.05, 0.1) is 17.4 Å². The third kappa shape index (κ3) is 2.81. The number of nitrogens with zero attached hydrogens (tertiary/aromatic N) is 2. The van der Waals surface area contributed by atoms with Gasteiger partial charge in [0.25, 0.3) is 0 Å². The Labute approximate surface area is 106 Å². The molecule has 1 N–H and O–H groups in total. The van der Waals surface area contributed by atoms with Crippen LogP contribution in [0.15, 0.2) is 34.4 Å². The number of nitriles is 1. The van der Waals surface area contributed by atoms with Crippen LogP contribution in [0, 0.1) is 11.3 Å². The number of rotatable bonds is 3. The average molecular weight is 294 g/mol. The SMILES string of the molecule is N#Cc1csc(CNc2cncc(Br)c2)c1. The van der Waals surface area contributed by atoms with Gasteiger partial charge in [-0.05, 0) is 28.1 Å². The van der Waals surface area contributed by atoms with E-state index in [9.17, 15) is 0 Å². The largest absolute Gasteiger partial charge is 0.379 e. The molecule has 0 bridgehead atoms. The highest BCUT2D eigenvalue weighted by Crippen LogP contribution is 2.17. The van der Waals surface area contributed by atoms with Crippen molar-refractivity contribution in [3.05, 3.63) is 44.8 Å². The summed E-state index contributed by atoms with van der Waals surface area (Å²) in [5.41, 5.74) is 1.68. The van der Waals surface area contributed by atoms with Crippen molar-refractivity contribution in [3.63, 3.8) is 0 Å². The molecule has 0 aromatic carbocycles. The minimum absolute atomic E-state index is 0.713. The van der Waals surface area contributed by atoms with E-state index in [1.165, 1.54) is 0 Å². The number of anilines is 1. The first kappa shape index (κ1) is 11.1. The van der Waals surface area contributed by atoms with Gasteiger partial charge in [0.15, 0.2) is 0 Å². The Bertz CT molecular complexity index is 530. The van der Waals surface area contributed by atoms with E-state index < -0.39 is 0 Å². The Morgan fingerprint density at radius 3 is 3.00 bits per heavy atom. The summed E-state index contributed by atoms with van der Waals surface area (Å²) in [6.07, 6.45) is 3.51. The average Bonchev–Trinajstić information content (AvgIpc) is 2.74. The molecule has 2 aromatic heterocycles. The van der Waals surface area contributed by atoms with E-state index in [2.05, 4.69) is 32.3 Å². The maximum absolute atomic E-state index is 8.69. The zero-order valence-corrected chi connectivity index (χ0v) is 10.7. The van der Waals surface area contributed by atoms with Gasteiger partial charge in [-0.15, -0.1) is 11.3 Å². The van der Waals surface area contributed by atoms with Gasteiger partial charge in [-0.2, -0.15) is 5.26 Å². The molecule has 0 saturated carbocycles. The summed E-state index contributed by atoms with van der Waals surface area (Å²) in [4.78, 5) is 5.20. The summed E-state index contributed by atoms with van der Waals surface area (Å²) in [5, 5.41) is 13.8. The van der Waals surface area contributed by atoms with Crippen molar-refractivity contribution in [2.75, 3.05) is 5.32 Å². The zero-order valence-electron chi connectivity index (χ0n) is 8.27. The van der Waals surface area contributed by atoms with Gasteiger partial charge in [0.2, 0.25) is 0 Å². The van der Waals surface area contributed by atoms with Crippen molar-refractivity contribution >= 4 is 33.0 Å². The molecule has 2 heterocycles. The number of aromatic nitrogens is 1. The zero-order chi connectivity index (χ0) is 11.4. The normalized spacial score (nSPS) is 9.75. The van der Waals surface area contributed by atoms with Gasteiger partial charge >= 0.3 is 0 Å². The Kier molecular flexibility index (Phi) is 3.54. The van der Waals surface area contributed by atoms with E-state index in [0.29, 0.717) is 12.1 Å². The number of hydrogen-bond donors (Lipinski definition) is 1. The Balaban J connectivity index is 2.00. The Morgan fingerprint density at radius 2 is 2.31 bits per heavy atom. The minimum atomic E-state index is 0.713. The molecule has 16 heavy (non-hydrogen) atoms. The van der Waals surface area contributed by atoms with E-state index in [4.69, 9.17) is 5.26 Å². The van der Waals surface area contributed by atoms with Gasteiger partial charge in [0, 0.05) is 27.5 Å². The molecule has 0 fully saturated rings. The van der Waals surface area contributed by atoms with E-state index in [-0.39, 0.29) is 0 Å². The van der Waals surface area contributed by atoms with Crippen molar-refractivity contribution in [1.82, 2.24) is 4.98 Å². The number of hydrogen-bond acceptors (Lipinski definition) is 4. The molecule has 0 spiro atoms. The lowest BCUT2D eigenvalue weighted by Crippen LogP contribution is -1.97. The lowest BCUT2D eigenvalue weighted by molar-refractivity contribution is 1.17. The van der Waals surface area contributed by atoms with Crippen LogP contribution in [0.3, 0.4) is 0 Å². The van der Waals surface area contributed by atoms with Gasteiger partial charge in [-0.1, -0.05) is 0 Å². The third-order valence-electron chi connectivity index (χ3n) is 1.95. The maximum Gasteiger partial charge on any atom is 0.100 e. The highest BCUT2D eigenvalue weighted by molar-refractivity contribution is 9.10. The summed E-state index contributed by atoms with van der Waals surface area (Å²) in [6, 6.07) is 5.97. The second-order valence-corrected chi connectivity index (χ2v) is 5.07. The number of pyridine rings is 1. The fraction of sp³-hybridized carbons (Fsp3) is 0.0909. The van der Waals surface area contributed by atoms with Gasteiger partial charge < -0.3 is 5.32 Å². The molecule has 0 amide bonds. The standard InChI is InChI=1S/C11H8BrN3S/c12-9-2-10(5-14-4-9)15-6-11-1-8(3-13)7-16-11/h1-2,4-5,7,15H,6H2. The molecular formula is C11H8BrN3S. The second-order valence-electron chi connectivity index (χ2n) is 3.16. The Morgan fingerprint density at radius 1 is 1.44 bits per heavy atom. The first-order valence-electron chi connectivity index (χ1n) is 4.60. The lowest BCUT2D eigenvalue weighted by atomic mass is 10.3. The van der Waals surface area contributed by atoms with Crippen molar-refractivity contribution in [1.29, 1.82) is 5.26 Å². The van der Waals surface area contributed by atoms with Crippen LogP contribution < -0.4 is 5.32 Å². The van der Waals surface area contributed by atoms with Crippen LogP contribution >= 0.6 is 27.3 Å². The summed E-state index contributed by atoms with van der Waals surface area (Å²) < 4.78 is 0.946. The summed E-state index contributed by atoms with van der Waals surface area (Å²) in [5.74, 6) is 0. The molecule has 5 heteroatoms. The second kappa shape index (κ2) is 5.10. The van der Waals surface area contributed by atoms with Gasteiger partial charge in [0.1, 0.15) is 6.07 Å². The topological polar surface area (TPSA) is 48.7 Å². The summed E-state index contributed by atoms with van der Waals surface area (Å²) >= 11 is 4.94. The molecule has 0 aliphatic heterocycles. The maximum atomic E-state index is 8.69. The number of nitrogens with one attached hydrogen (secondary N) is 1. The van der Waals surface area contributed by atoms with Crippen LogP contribution in [0.1, 0.15) is 10.4 Å². The Hall–Kier alpha value is -1.38. The molecule has 0 unspecified atom stereocenters. The summed E-state index contributed by atoms with van der Waals surface area (Å²) in [6.45, 7) is 0.713. The first-order valence-corrected chi connectivity index (χ1v) is 6.27. The molecule has 2 rings (SSSR count). The fourth-order valence-corrected chi connectivity index (χ4v) is 2.34. The lowest BCUT2D eigenvalue weighted by Gasteiger charge is -2.03. The highest BCUT2D eigenvalue weighted by Gasteiger charge is 1.99.